The fraction of sp³-hybridized carbons (Fsp3) is 0.381. The Morgan fingerprint density at radius 3 is 2.56 bits per heavy atom. The van der Waals surface area contributed by atoms with Gasteiger partial charge in [-0.1, -0.05) is 18.2 Å². The van der Waals surface area contributed by atoms with Crippen molar-refractivity contribution in [2.45, 2.75) is 51.0 Å². The molecule has 0 bridgehead atoms. The van der Waals surface area contributed by atoms with Crippen molar-refractivity contribution in [2.75, 3.05) is 0 Å². The highest BCUT2D eigenvalue weighted by Gasteiger charge is 2.27. The first kappa shape index (κ1) is 17.3. The second kappa shape index (κ2) is 6.79. The molecule has 0 N–H and O–H groups in total. The number of hydrogen-bond acceptors (Lipinski definition) is 4. The Balaban J connectivity index is 1.88. The van der Waals surface area contributed by atoms with Gasteiger partial charge in [-0.25, -0.2) is 0 Å². The molecular formula is C21H23NO3. The van der Waals surface area contributed by atoms with Gasteiger partial charge in [0.15, 0.2) is 0 Å². The first-order valence-corrected chi connectivity index (χ1v) is 8.62. The molecule has 4 nitrogen and oxygen atoms in total. The molecule has 1 atom stereocenters. The second-order valence-corrected chi connectivity index (χ2v) is 7.52. The number of hydrogen-bond donors (Lipinski definition) is 0. The Morgan fingerprint density at radius 1 is 1.20 bits per heavy atom. The van der Waals surface area contributed by atoms with Crippen molar-refractivity contribution in [1.29, 1.82) is 0 Å². The van der Waals surface area contributed by atoms with E-state index in [-0.39, 0.29) is 0 Å². The lowest BCUT2D eigenvalue weighted by molar-refractivity contribution is -0.157. The highest BCUT2D eigenvalue weighted by Crippen LogP contribution is 2.40. The normalized spacial score (nSPS) is 15.5. The van der Waals surface area contributed by atoms with E-state index in [4.69, 9.17) is 4.74 Å². The molecule has 1 aliphatic carbocycles. The third kappa shape index (κ3) is 4.32. The van der Waals surface area contributed by atoms with Crippen LogP contribution in [0.1, 0.15) is 56.7 Å². The van der Waals surface area contributed by atoms with Gasteiger partial charge in [-0.05, 0) is 68.5 Å². The first-order chi connectivity index (χ1) is 11.9. The van der Waals surface area contributed by atoms with Gasteiger partial charge < -0.3 is 9.53 Å². The SMILES string of the molecule is CC(C)(C)OC(=O)C(C=O)c1cccc(-c2ccnc(C3CC3)c2)c1. The summed E-state index contributed by atoms with van der Waals surface area (Å²) in [7, 11) is 0. The van der Waals surface area contributed by atoms with Crippen molar-refractivity contribution in [3.8, 4) is 11.1 Å². The predicted octanol–water partition coefficient (Wildman–Crippen LogP) is 4.25. The smallest absolute Gasteiger partial charge is 0.321 e. The molecule has 0 saturated heterocycles. The van der Waals surface area contributed by atoms with Gasteiger partial charge in [0.05, 0.1) is 0 Å². The molecule has 1 heterocycles. The van der Waals surface area contributed by atoms with E-state index in [0.29, 0.717) is 17.8 Å². The predicted molar refractivity (Wildman–Crippen MR) is 96.3 cm³/mol. The van der Waals surface area contributed by atoms with Gasteiger partial charge >= 0.3 is 5.97 Å². The number of nitrogens with zero attached hydrogens (tertiary/aromatic N) is 1. The van der Waals surface area contributed by atoms with Crippen LogP contribution in [-0.2, 0) is 14.3 Å². The minimum atomic E-state index is -0.913. The summed E-state index contributed by atoms with van der Waals surface area (Å²) in [5, 5.41) is 0. The molecule has 3 rings (SSSR count). The maximum absolute atomic E-state index is 12.3. The molecule has 0 radical (unpaired) electrons. The Morgan fingerprint density at radius 2 is 1.92 bits per heavy atom. The number of carbonyl (C=O) groups is 2. The zero-order chi connectivity index (χ0) is 18.0. The highest BCUT2D eigenvalue weighted by molar-refractivity contribution is 5.94. The molecule has 1 fully saturated rings. The van der Waals surface area contributed by atoms with Crippen LogP contribution in [0.4, 0.5) is 0 Å². The largest absolute Gasteiger partial charge is 0.459 e. The van der Waals surface area contributed by atoms with Crippen LogP contribution in [-0.4, -0.2) is 22.8 Å². The first-order valence-electron chi connectivity index (χ1n) is 8.62. The average molecular weight is 337 g/mol. The summed E-state index contributed by atoms with van der Waals surface area (Å²) in [5.41, 5.74) is 3.15. The topological polar surface area (TPSA) is 56.3 Å². The standard InChI is InChI=1S/C21H23NO3/c1-21(2,3)25-20(24)18(13-23)17-6-4-5-15(11-17)16-9-10-22-19(12-16)14-7-8-14/h4-6,9-14,18H,7-8H2,1-3H3. The van der Waals surface area contributed by atoms with E-state index in [9.17, 15) is 9.59 Å². The van der Waals surface area contributed by atoms with E-state index in [2.05, 4.69) is 11.1 Å². The van der Waals surface area contributed by atoms with Gasteiger partial charge in [0.25, 0.3) is 0 Å². The van der Waals surface area contributed by atoms with E-state index < -0.39 is 17.5 Å². The molecular weight excluding hydrogens is 314 g/mol. The van der Waals surface area contributed by atoms with Gasteiger partial charge in [-0.2, -0.15) is 0 Å². The van der Waals surface area contributed by atoms with E-state index >= 15 is 0 Å². The molecule has 0 spiro atoms. The van der Waals surface area contributed by atoms with Crippen LogP contribution in [0.15, 0.2) is 42.6 Å². The van der Waals surface area contributed by atoms with Gasteiger partial charge in [0.2, 0.25) is 0 Å². The Labute approximate surface area is 148 Å². The zero-order valence-corrected chi connectivity index (χ0v) is 14.9. The highest BCUT2D eigenvalue weighted by atomic mass is 16.6. The number of benzene rings is 1. The van der Waals surface area contributed by atoms with Crippen LogP contribution < -0.4 is 0 Å². The number of carbonyl (C=O) groups excluding carboxylic acids is 2. The summed E-state index contributed by atoms with van der Waals surface area (Å²) >= 11 is 0. The Bertz CT molecular complexity index is 788. The number of aldehydes is 1. The Kier molecular flexibility index (Phi) is 4.71. The molecule has 0 amide bonds. The van der Waals surface area contributed by atoms with Crippen LogP contribution in [0.5, 0.6) is 0 Å². The van der Waals surface area contributed by atoms with Crippen molar-refractivity contribution in [3.63, 3.8) is 0 Å². The van der Waals surface area contributed by atoms with E-state index in [0.717, 1.165) is 16.8 Å². The quantitative estimate of drug-likeness (QED) is 0.465. The number of rotatable bonds is 5. The summed E-state index contributed by atoms with van der Waals surface area (Å²) in [6, 6.07) is 11.6. The summed E-state index contributed by atoms with van der Waals surface area (Å²) in [6.45, 7) is 5.37. The molecule has 130 valence electrons. The van der Waals surface area contributed by atoms with Crippen LogP contribution >= 0.6 is 0 Å². The van der Waals surface area contributed by atoms with Crippen LogP contribution in [0.2, 0.25) is 0 Å². The maximum Gasteiger partial charge on any atom is 0.321 e. The number of ether oxygens (including phenoxy) is 1. The van der Waals surface area contributed by atoms with Crippen molar-refractivity contribution in [1.82, 2.24) is 4.98 Å². The molecule has 0 aliphatic heterocycles. The summed E-state index contributed by atoms with van der Waals surface area (Å²) in [6.07, 6.45) is 4.86. The molecule has 25 heavy (non-hydrogen) atoms. The summed E-state index contributed by atoms with van der Waals surface area (Å²) in [5.74, 6) is -0.857. The van der Waals surface area contributed by atoms with Crippen molar-refractivity contribution in [3.05, 3.63) is 53.9 Å². The second-order valence-electron chi connectivity index (χ2n) is 7.52. The third-order valence-corrected chi connectivity index (χ3v) is 4.15. The van der Waals surface area contributed by atoms with Crippen LogP contribution in [0, 0.1) is 0 Å². The van der Waals surface area contributed by atoms with Crippen LogP contribution in [0.3, 0.4) is 0 Å². The summed E-state index contributed by atoms with van der Waals surface area (Å²) < 4.78 is 5.37. The van der Waals surface area contributed by atoms with Crippen molar-refractivity contribution in [2.24, 2.45) is 0 Å². The van der Waals surface area contributed by atoms with E-state index in [1.807, 2.05) is 30.5 Å². The van der Waals surface area contributed by atoms with Gasteiger partial charge in [0, 0.05) is 17.8 Å². The van der Waals surface area contributed by atoms with Crippen molar-refractivity contribution >= 4 is 12.3 Å². The molecule has 1 unspecified atom stereocenters. The lowest BCUT2D eigenvalue weighted by Gasteiger charge is -2.22. The van der Waals surface area contributed by atoms with Crippen LogP contribution in [0.25, 0.3) is 11.1 Å². The third-order valence-electron chi connectivity index (χ3n) is 4.15. The van der Waals surface area contributed by atoms with Crippen molar-refractivity contribution < 1.29 is 14.3 Å². The molecule has 1 aromatic heterocycles. The van der Waals surface area contributed by atoms with E-state index in [1.165, 1.54) is 12.8 Å². The monoisotopic (exact) mass is 337 g/mol. The average Bonchev–Trinajstić information content (AvgIpc) is 3.39. The molecule has 2 aromatic rings. The fourth-order valence-electron chi connectivity index (χ4n) is 2.78. The molecule has 4 heteroatoms. The fourth-order valence-corrected chi connectivity index (χ4v) is 2.78. The minimum Gasteiger partial charge on any atom is -0.459 e. The molecule has 1 aliphatic rings. The van der Waals surface area contributed by atoms with Gasteiger partial charge in [0.1, 0.15) is 17.8 Å². The number of esters is 1. The Hall–Kier alpha value is -2.49. The zero-order valence-electron chi connectivity index (χ0n) is 14.9. The lowest BCUT2D eigenvalue weighted by atomic mass is 9.95. The number of pyridine rings is 1. The summed E-state index contributed by atoms with van der Waals surface area (Å²) in [4.78, 5) is 28.3. The maximum atomic E-state index is 12.3. The van der Waals surface area contributed by atoms with Gasteiger partial charge in [-0.15, -0.1) is 0 Å². The lowest BCUT2D eigenvalue weighted by Crippen LogP contribution is -2.28. The molecule has 1 saturated carbocycles. The van der Waals surface area contributed by atoms with Gasteiger partial charge in [-0.3, -0.25) is 9.78 Å². The minimum absolute atomic E-state index is 0.520. The van der Waals surface area contributed by atoms with E-state index in [1.54, 1.807) is 26.8 Å². The molecule has 1 aromatic carbocycles. The number of aromatic nitrogens is 1.